The summed E-state index contributed by atoms with van der Waals surface area (Å²) in [6.45, 7) is 4.74. The Balaban J connectivity index is 0.000000364. The predicted octanol–water partition coefficient (Wildman–Crippen LogP) is 3.16. The summed E-state index contributed by atoms with van der Waals surface area (Å²) >= 11 is 5.60. The van der Waals surface area contributed by atoms with Crippen molar-refractivity contribution >= 4 is 23.6 Å². The number of hydrogen-bond acceptors (Lipinski definition) is 1. The normalized spacial score (nSPS) is 8.43. The second kappa shape index (κ2) is 7.15. The first-order chi connectivity index (χ1) is 6.60. The zero-order chi connectivity index (χ0) is 11.0. The average Bonchev–Trinajstić information content (AvgIpc) is 2.17. The lowest BCUT2D eigenvalue weighted by Gasteiger charge is -1.94. The number of carbonyl (C=O) groups is 1. The molecule has 0 radical (unpaired) electrons. The van der Waals surface area contributed by atoms with Crippen LogP contribution in [-0.4, -0.2) is 11.1 Å². The summed E-state index contributed by atoms with van der Waals surface area (Å²) in [5, 5.41) is 7.42. The van der Waals surface area contributed by atoms with Crippen molar-refractivity contribution in [1.29, 1.82) is 0 Å². The minimum atomic E-state index is -0.833. The molecule has 0 fully saturated rings. The third-order valence-electron chi connectivity index (χ3n) is 1.37. The van der Waals surface area contributed by atoms with Crippen molar-refractivity contribution in [3.63, 3.8) is 0 Å². The van der Waals surface area contributed by atoms with Crippen LogP contribution in [0.15, 0.2) is 30.8 Å². The molecule has 0 spiro atoms. The topological polar surface area (TPSA) is 37.3 Å². The molecule has 3 heteroatoms. The molecule has 0 saturated carbocycles. The fourth-order valence-corrected chi connectivity index (χ4v) is 0.921. The molecule has 0 bridgehead atoms. The Bertz CT molecular complexity index is 287. The molecule has 0 aliphatic carbocycles. The van der Waals surface area contributed by atoms with Crippen LogP contribution < -0.4 is 0 Å². The highest BCUT2D eigenvalue weighted by Gasteiger charge is 1.87. The molecular weight excluding hydrogens is 200 g/mol. The van der Waals surface area contributed by atoms with E-state index in [1.165, 1.54) is 0 Å². The Kier molecular flexibility index (Phi) is 6.50. The van der Waals surface area contributed by atoms with E-state index in [0.717, 1.165) is 18.1 Å². The van der Waals surface area contributed by atoms with E-state index in [9.17, 15) is 0 Å². The first kappa shape index (κ1) is 12.7. The fraction of sp³-hybridized carbons (Fsp3) is 0.182. The molecule has 1 aromatic rings. The maximum absolute atomic E-state index is 9.00. The van der Waals surface area contributed by atoms with Crippen molar-refractivity contribution < 1.29 is 9.90 Å². The minimum absolute atomic E-state index is 0.581. The lowest BCUT2D eigenvalue weighted by molar-refractivity contribution is -0.134. The van der Waals surface area contributed by atoms with Crippen molar-refractivity contribution in [1.82, 2.24) is 0 Å². The van der Waals surface area contributed by atoms with Crippen molar-refractivity contribution in [3.8, 4) is 0 Å². The fourth-order valence-electron chi connectivity index (χ4n) is 0.743. The van der Waals surface area contributed by atoms with Gasteiger partial charge in [-0.15, -0.1) is 11.6 Å². The number of benzene rings is 1. The molecule has 0 aliphatic rings. The van der Waals surface area contributed by atoms with Gasteiger partial charge in [0, 0.05) is 12.8 Å². The Morgan fingerprint density at radius 2 is 1.93 bits per heavy atom. The standard InChI is InChI=1S/C9H9Cl.C2H4O2/c1-2-8-3-5-9(7-10)6-4-8;1-2(3)4/h2-6H,1,7H2;1H3,(H,3,4). The van der Waals surface area contributed by atoms with E-state index in [1.807, 2.05) is 30.3 Å². The van der Waals surface area contributed by atoms with E-state index < -0.39 is 5.97 Å². The number of alkyl halides is 1. The number of rotatable bonds is 2. The van der Waals surface area contributed by atoms with Gasteiger partial charge in [-0.05, 0) is 11.1 Å². The summed E-state index contributed by atoms with van der Waals surface area (Å²) in [4.78, 5) is 9.00. The summed E-state index contributed by atoms with van der Waals surface area (Å²) in [6.07, 6.45) is 1.82. The van der Waals surface area contributed by atoms with Crippen LogP contribution in [0.2, 0.25) is 0 Å². The maximum atomic E-state index is 9.00. The van der Waals surface area contributed by atoms with E-state index in [-0.39, 0.29) is 0 Å². The molecule has 2 nitrogen and oxygen atoms in total. The van der Waals surface area contributed by atoms with Crippen LogP contribution in [0.4, 0.5) is 0 Å². The number of carboxylic acid groups (broad SMARTS) is 1. The Morgan fingerprint density at radius 1 is 1.50 bits per heavy atom. The van der Waals surface area contributed by atoms with Crippen LogP contribution in [0, 0.1) is 0 Å². The summed E-state index contributed by atoms with van der Waals surface area (Å²) in [6, 6.07) is 8.02. The van der Waals surface area contributed by atoms with Crippen molar-refractivity contribution in [2.45, 2.75) is 12.8 Å². The smallest absolute Gasteiger partial charge is 0.300 e. The largest absolute Gasteiger partial charge is 0.481 e. The van der Waals surface area contributed by atoms with Crippen molar-refractivity contribution in [2.75, 3.05) is 0 Å². The monoisotopic (exact) mass is 212 g/mol. The zero-order valence-electron chi connectivity index (χ0n) is 8.03. The Morgan fingerprint density at radius 3 is 2.21 bits per heavy atom. The molecule has 0 aromatic heterocycles. The van der Waals surface area contributed by atoms with Gasteiger partial charge in [-0.1, -0.05) is 36.9 Å². The number of aliphatic carboxylic acids is 1. The third-order valence-corrected chi connectivity index (χ3v) is 1.68. The molecule has 0 heterocycles. The predicted molar refractivity (Wildman–Crippen MR) is 59.4 cm³/mol. The highest BCUT2D eigenvalue weighted by molar-refractivity contribution is 6.17. The second-order valence-corrected chi connectivity index (χ2v) is 2.87. The van der Waals surface area contributed by atoms with Gasteiger partial charge in [-0.25, -0.2) is 0 Å². The van der Waals surface area contributed by atoms with Crippen LogP contribution in [0.1, 0.15) is 18.1 Å². The van der Waals surface area contributed by atoms with E-state index in [0.29, 0.717) is 5.88 Å². The third kappa shape index (κ3) is 6.26. The van der Waals surface area contributed by atoms with Gasteiger partial charge in [0.2, 0.25) is 0 Å². The van der Waals surface area contributed by atoms with Gasteiger partial charge >= 0.3 is 0 Å². The molecule has 0 atom stereocenters. The highest BCUT2D eigenvalue weighted by atomic mass is 35.5. The summed E-state index contributed by atoms with van der Waals surface area (Å²) in [5.74, 6) is -0.253. The molecular formula is C11H13ClO2. The molecule has 1 rings (SSSR count). The molecule has 76 valence electrons. The number of hydrogen-bond donors (Lipinski definition) is 1. The average molecular weight is 213 g/mol. The molecule has 14 heavy (non-hydrogen) atoms. The van der Waals surface area contributed by atoms with E-state index in [1.54, 1.807) is 0 Å². The van der Waals surface area contributed by atoms with Gasteiger partial charge in [-0.2, -0.15) is 0 Å². The lowest BCUT2D eigenvalue weighted by atomic mass is 10.1. The van der Waals surface area contributed by atoms with E-state index >= 15 is 0 Å². The molecule has 0 aliphatic heterocycles. The summed E-state index contributed by atoms with van der Waals surface area (Å²) < 4.78 is 0. The van der Waals surface area contributed by atoms with Crippen molar-refractivity contribution in [2.24, 2.45) is 0 Å². The molecule has 0 unspecified atom stereocenters. The van der Waals surface area contributed by atoms with Gasteiger partial charge in [0.25, 0.3) is 5.97 Å². The lowest BCUT2D eigenvalue weighted by Crippen LogP contribution is -1.78. The minimum Gasteiger partial charge on any atom is -0.481 e. The van der Waals surface area contributed by atoms with Crippen LogP contribution in [0.25, 0.3) is 6.08 Å². The quantitative estimate of drug-likeness (QED) is 0.765. The Hall–Kier alpha value is -1.28. The first-order valence-corrected chi connectivity index (χ1v) is 4.60. The van der Waals surface area contributed by atoms with Gasteiger partial charge < -0.3 is 5.11 Å². The number of carboxylic acids is 1. The Labute approximate surface area is 88.8 Å². The van der Waals surface area contributed by atoms with Crippen molar-refractivity contribution in [3.05, 3.63) is 42.0 Å². The van der Waals surface area contributed by atoms with Crippen LogP contribution in [0.5, 0.6) is 0 Å². The van der Waals surface area contributed by atoms with Gasteiger partial charge in [0.05, 0.1) is 0 Å². The van der Waals surface area contributed by atoms with Crippen LogP contribution in [-0.2, 0) is 10.7 Å². The molecule has 0 amide bonds. The second-order valence-electron chi connectivity index (χ2n) is 2.60. The van der Waals surface area contributed by atoms with Gasteiger partial charge in [0.15, 0.2) is 0 Å². The molecule has 0 saturated heterocycles. The molecule has 1 N–H and O–H groups in total. The van der Waals surface area contributed by atoms with E-state index in [2.05, 4.69) is 6.58 Å². The van der Waals surface area contributed by atoms with Crippen LogP contribution in [0.3, 0.4) is 0 Å². The first-order valence-electron chi connectivity index (χ1n) is 4.07. The molecule has 1 aromatic carbocycles. The zero-order valence-corrected chi connectivity index (χ0v) is 8.79. The van der Waals surface area contributed by atoms with E-state index in [4.69, 9.17) is 21.5 Å². The highest BCUT2D eigenvalue weighted by Crippen LogP contribution is 2.06. The number of halogens is 1. The summed E-state index contributed by atoms with van der Waals surface area (Å²) in [7, 11) is 0. The van der Waals surface area contributed by atoms with Gasteiger partial charge in [0.1, 0.15) is 0 Å². The SMILES string of the molecule is C=Cc1ccc(CCl)cc1.CC(=O)O. The van der Waals surface area contributed by atoms with Crippen LogP contribution >= 0.6 is 11.6 Å². The maximum Gasteiger partial charge on any atom is 0.300 e. The van der Waals surface area contributed by atoms with Gasteiger partial charge in [-0.3, -0.25) is 4.79 Å². The summed E-state index contributed by atoms with van der Waals surface area (Å²) in [5.41, 5.74) is 2.28.